The molecule has 0 saturated heterocycles. The molecular formula is C10H9N2O2+. The van der Waals surface area contributed by atoms with Crippen LogP contribution in [0.15, 0.2) is 49.1 Å². The molecule has 0 aliphatic rings. The molecule has 4 nitrogen and oxygen atoms in total. The number of rotatable bonds is 1. The van der Waals surface area contributed by atoms with Crippen LogP contribution >= 0.6 is 0 Å². The lowest BCUT2D eigenvalue weighted by Gasteiger charge is -1.96. The molecule has 2 aromatic rings. The third-order valence-corrected chi connectivity index (χ3v) is 1.87. The first-order valence-electron chi connectivity index (χ1n) is 4.15. The largest absolute Gasteiger partial charge is 0.619 e. The summed E-state index contributed by atoms with van der Waals surface area (Å²) in [7, 11) is 0. The van der Waals surface area contributed by atoms with Gasteiger partial charge >= 0.3 is 0 Å². The van der Waals surface area contributed by atoms with Gasteiger partial charge in [0, 0.05) is 6.07 Å². The van der Waals surface area contributed by atoms with Crippen molar-refractivity contribution in [3.8, 4) is 11.4 Å². The van der Waals surface area contributed by atoms with Crippen LogP contribution in [0.3, 0.4) is 0 Å². The van der Waals surface area contributed by atoms with Crippen LogP contribution in [-0.2, 0) is 0 Å². The van der Waals surface area contributed by atoms with Gasteiger partial charge in [-0.2, -0.15) is 9.30 Å². The lowest BCUT2D eigenvalue weighted by atomic mass is 10.3. The molecule has 1 N–H and O–H groups in total. The van der Waals surface area contributed by atoms with Gasteiger partial charge in [-0.3, -0.25) is 0 Å². The molecule has 4 heteroatoms. The van der Waals surface area contributed by atoms with E-state index >= 15 is 0 Å². The Kier molecular flexibility index (Phi) is 2.02. The molecule has 0 unspecified atom stereocenters. The smallest absolute Gasteiger partial charge is 0.222 e. The lowest BCUT2D eigenvalue weighted by Crippen LogP contribution is -2.32. The zero-order chi connectivity index (χ0) is 9.97. The number of nitrogens with zero attached hydrogens (tertiary/aromatic N) is 2. The summed E-state index contributed by atoms with van der Waals surface area (Å²) in [4.78, 5) is 0. The van der Waals surface area contributed by atoms with Crippen molar-refractivity contribution < 1.29 is 14.4 Å². The molecular weight excluding hydrogens is 180 g/mol. The fourth-order valence-corrected chi connectivity index (χ4v) is 1.20. The van der Waals surface area contributed by atoms with E-state index in [2.05, 4.69) is 0 Å². The second-order valence-electron chi connectivity index (χ2n) is 2.89. The summed E-state index contributed by atoms with van der Waals surface area (Å²) in [5.74, 6) is 0.186. The Bertz CT molecular complexity index is 440. The van der Waals surface area contributed by atoms with Gasteiger partial charge in [-0.15, -0.1) is 0 Å². The molecule has 2 heterocycles. The van der Waals surface area contributed by atoms with E-state index in [1.807, 2.05) is 0 Å². The van der Waals surface area contributed by atoms with Gasteiger partial charge in [-0.1, -0.05) is 0 Å². The Hall–Kier alpha value is -2.10. The van der Waals surface area contributed by atoms with Crippen LogP contribution in [0.4, 0.5) is 0 Å². The minimum atomic E-state index is 0.186. The predicted octanol–water partition coefficient (Wildman–Crippen LogP) is 0.302. The highest BCUT2D eigenvalue weighted by molar-refractivity contribution is 5.18. The second-order valence-corrected chi connectivity index (χ2v) is 2.89. The minimum Gasteiger partial charge on any atom is -0.619 e. The number of aromatic nitrogens is 2. The average molecular weight is 189 g/mol. The Morgan fingerprint density at radius 1 is 1.07 bits per heavy atom. The van der Waals surface area contributed by atoms with Gasteiger partial charge in [0.25, 0.3) is 0 Å². The Labute approximate surface area is 80.9 Å². The lowest BCUT2D eigenvalue weighted by molar-refractivity contribution is -0.616. The Morgan fingerprint density at radius 3 is 2.43 bits per heavy atom. The minimum absolute atomic E-state index is 0.186. The fourth-order valence-electron chi connectivity index (χ4n) is 1.20. The van der Waals surface area contributed by atoms with E-state index in [1.165, 1.54) is 12.4 Å². The van der Waals surface area contributed by atoms with E-state index in [1.54, 1.807) is 41.2 Å². The van der Waals surface area contributed by atoms with Crippen molar-refractivity contribution in [2.75, 3.05) is 0 Å². The van der Waals surface area contributed by atoms with Crippen molar-refractivity contribution in [3.05, 3.63) is 54.3 Å². The van der Waals surface area contributed by atoms with Crippen LogP contribution in [0, 0.1) is 5.21 Å². The maximum atomic E-state index is 10.8. The van der Waals surface area contributed by atoms with E-state index in [4.69, 9.17) is 0 Å². The van der Waals surface area contributed by atoms with Crippen molar-refractivity contribution in [1.29, 1.82) is 0 Å². The van der Waals surface area contributed by atoms with Crippen molar-refractivity contribution in [2.24, 2.45) is 0 Å². The maximum Gasteiger partial charge on any atom is 0.222 e. The van der Waals surface area contributed by atoms with Crippen LogP contribution < -0.4 is 9.30 Å². The molecule has 70 valence electrons. The van der Waals surface area contributed by atoms with Crippen LogP contribution in [0.2, 0.25) is 0 Å². The summed E-state index contributed by atoms with van der Waals surface area (Å²) in [6, 6.07) is 6.67. The molecule has 0 radical (unpaired) electrons. The Balaban J connectivity index is 2.44. The normalized spacial score (nSPS) is 10.0. The summed E-state index contributed by atoms with van der Waals surface area (Å²) in [6.07, 6.45) is 6.19. The molecule has 0 aliphatic heterocycles. The zero-order valence-corrected chi connectivity index (χ0v) is 7.37. The summed E-state index contributed by atoms with van der Waals surface area (Å²) < 4.78 is 2.45. The highest BCUT2D eigenvalue weighted by atomic mass is 16.5. The van der Waals surface area contributed by atoms with E-state index in [-0.39, 0.29) is 5.75 Å². The van der Waals surface area contributed by atoms with Gasteiger partial charge in [0.2, 0.25) is 11.9 Å². The van der Waals surface area contributed by atoms with Crippen LogP contribution in [0.25, 0.3) is 5.69 Å². The fraction of sp³-hybridized carbons (Fsp3) is 0. The zero-order valence-electron chi connectivity index (χ0n) is 7.37. The van der Waals surface area contributed by atoms with Crippen LogP contribution in [0.5, 0.6) is 5.75 Å². The molecule has 0 aromatic carbocycles. The third kappa shape index (κ3) is 1.64. The molecule has 0 bridgehead atoms. The van der Waals surface area contributed by atoms with E-state index in [0.717, 1.165) is 5.69 Å². The molecule has 0 amide bonds. The summed E-state index contributed by atoms with van der Waals surface area (Å²) in [5, 5.41) is 20.0. The maximum absolute atomic E-state index is 10.8. The third-order valence-electron chi connectivity index (χ3n) is 1.87. The molecule has 14 heavy (non-hydrogen) atoms. The second kappa shape index (κ2) is 3.33. The van der Waals surface area contributed by atoms with Crippen molar-refractivity contribution in [1.82, 2.24) is 0 Å². The molecule has 0 atom stereocenters. The van der Waals surface area contributed by atoms with Crippen molar-refractivity contribution >= 4 is 0 Å². The first-order chi connectivity index (χ1) is 6.75. The van der Waals surface area contributed by atoms with Crippen LogP contribution in [0.1, 0.15) is 0 Å². The molecule has 0 aliphatic carbocycles. The SMILES string of the molecule is [O-][n+]1ccc(-[n+]2cccc(O)c2)cc1. The molecule has 0 spiro atoms. The quantitative estimate of drug-likeness (QED) is 0.518. The van der Waals surface area contributed by atoms with Gasteiger partial charge in [0.1, 0.15) is 0 Å². The Morgan fingerprint density at radius 2 is 1.79 bits per heavy atom. The monoisotopic (exact) mass is 189 g/mol. The van der Waals surface area contributed by atoms with Gasteiger partial charge in [0.05, 0.1) is 12.1 Å². The average Bonchev–Trinajstić information content (AvgIpc) is 2.19. The molecule has 2 rings (SSSR count). The first kappa shape index (κ1) is 8.50. The molecule has 0 saturated carbocycles. The summed E-state index contributed by atoms with van der Waals surface area (Å²) in [5.41, 5.74) is 0.827. The summed E-state index contributed by atoms with van der Waals surface area (Å²) >= 11 is 0. The number of hydrogen-bond acceptors (Lipinski definition) is 2. The number of pyridine rings is 2. The van der Waals surface area contributed by atoms with E-state index in [0.29, 0.717) is 4.73 Å². The first-order valence-corrected chi connectivity index (χ1v) is 4.15. The molecule has 0 fully saturated rings. The van der Waals surface area contributed by atoms with Crippen LogP contribution in [-0.4, -0.2) is 5.11 Å². The van der Waals surface area contributed by atoms with Crippen molar-refractivity contribution in [3.63, 3.8) is 0 Å². The summed E-state index contributed by atoms with van der Waals surface area (Å²) in [6.45, 7) is 0. The molecule has 2 aromatic heterocycles. The van der Waals surface area contributed by atoms with Gasteiger partial charge < -0.3 is 10.3 Å². The van der Waals surface area contributed by atoms with Crippen molar-refractivity contribution in [2.45, 2.75) is 0 Å². The number of aromatic hydroxyl groups is 1. The van der Waals surface area contributed by atoms with E-state index in [9.17, 15) is 10.3 Å². The van der Waals surface area contributed by atoms with Gasteiger partial charge in [-0.05, 0) is 6.07 Å². The highest BCUT2D eigenvalue weighted by Crippen LogP contribution is 2.03. The highest BCUT2D eigenvalue weighted by Gasteiger charge is 2.06. The predicted molar refractivity (Wildman–Crippen MR) is 48.6 cm³/mol. The standard InChI is InChI=1S/C10H8N2O2/c13-10-2-1-5-11(8-10)9-3-6-12(14)7-4-9/h1-8H/p+1. The number of hydrogen-bond donors (Lipinski definition) is 1. The topological polar surface area (TPSA) is 51.0 Å². The van der Waals surface area contributed by atoms with Gasteiger partial charge in [0.15, 0.2) is 24.3 Å². The van der Waals surface area contributed by atoms with E-state index < -0.39 is 0 Å². The van der Waals surface area contributed by atoms with Gasteiger partial charge in [-0.25, -0.2) is 0 Å².